The minimum absolute atomic E-state index is 0.00592. The van der Waals surface area contributed by atoms with Crippen LogP contribution in [0.5, 0.6) is 0 Å². The second-order valence-electron chi connectivity index (χ2n) is 14.4. The monoisotopic (exact) mass is 612 g/mol. The van der Waals surface area contributed by atoms with Gasteiger partial charge in [0.1, 0.15) is 5.60 Å². The van der Waals surface area contributed by atoms with E-state index in [9.17, 15) is 9.59 Å². The summed E-state index contributed by atoms with van der Waals surface area (Å²) in [6.45, 7) is 16.3. The molecule has 1 aliphatic carbocycles. The average Bonchev–Trinajstić information content (AvgIpc) is 3.35. The standard InChI is InChI=1S/C32H46BClN4O5/c1-30(2,3)41-29(40)21-14-12-20(13-15-21)18-38-17-16-25-24(19-38)35-27(37(25)8)28(39)36-23-11-9-10-22(26(23)34)33-42-31(4,5)32(6,7)43-33/h9-11,20-21H,12-19H2,1-8H3,(H,36,39). The molecular weight excluding hydrogens is 567 g/mol. The highest BCUT2D eigenvalue weighted by atomic mass is 35.5. The van der Waals surface area contributed by atoms with Gasteiger partial charge in [-0.1, -0.05) is 23.7 Å². The van der Waals surface area contributed by atoms with Crippen LogP contribution in [0.25, 0.3) is 0 Å². The fourth-order valence-electron chi connectivity index (χ4n) is 6.25. The molecule has 1 aromatic heterocycles. The minimum atomic E-state index is -0.631. The van der Waals surface area contributed by atoms with Gasteiger partial charge >= 0.3 is 13.1 Å². The number of hydrogen-bond donors (Lipinski definition) is 1. The summed E-state index contributed by atoms with van der Waals surface area (Å²) >= 11 is 6.78. The molecule has 1 N–H and O–H groups in total. The van der Waals surface area contributed by atoms with Gasteiger partial charge in [-0.05, 0) is 86.1 Å². The first-order chi connectivity index (χ1) is 20.0. The first kappa shape index (κ1) is 32.0. The molecule has 2 aromatic rings. The maximum absolute atomic E-state index is 13.4. The predicted molar refractivity (Wildman–Crippen MR) is 169 cm³/mol. The van der Waals surface area contributed by atoms with Crippen LogP contribution in [0.1, 0.15) is 96.2 Å². The molecule has 43 heavy (non-hydrogen) atoms. The summed E-state index contributed by atoms with van der Waals surface area (Å²) in [5, 5.41) is 3.36. The molecule has 0 radical (unpaired) electrons. The quantitative estimate of drug-likeness (QED) is 0.357. The number of aromatic nitrogens is 2. The lowest BCUT2D eigenvalue weighted by Gasteiger charge is -2.34. The molecule has 3 aliphatic rings. The number of fused-ring (bicyclic) bond motifs is 1. The Morgan fingerprint density at radius 3 is 2.40 bits per heavy atom. The van der Waals surface area contributed by atoms with Crippen molar-refractivity contribution in [1.82, 2.24) is 14.5 Å². The zero-order chi connectivity index (χ0) is 31.3. The number of hydrogen-bond acceptors (Lipinski definition) is 7. The average molecular weight is 613 g/mol. The van der Waals surface area contributed by atoms with Gasteiger partial charge in [-0.3, -0.25) is 14.5 Å². The maximum atomic E-state index is 13.4. The van der Waals surface area contributed by atoms with Crippen LogP contribution in [0.15, 0.2) is 18.2 Å². The minimum Gasteiger partial charge on any atom is -0.460 e. The third-order valence-electron chi connectivity index (χ3n) is 9.43. The molecule has 5 rings (SSSR count). The first-order valence-electron chi connectivity index (χ1n) is 15.5. The number of nitrogens with one attached hydrogen (secondary N) is 1. The third-order valence-corrected chi connectivity index (χ3v) is 9.85. The van der Waals surface area contributed by atoms with Crippen molar-refractivity contribution in [1.29, 1.82) is 0 Å². The van der Waals surface area contributed by atoms with Gasteiger partial charge in [0.15, 0.2) is 5.82 Å². The number of anilines is 1. The Labute approximate surface area is 261 Å². The molecule has 0 atom stereocenters. The van der Waals surface area contributed by atoms with E-state index in [2.05, 4.69) is 10.2 Å². The normalized spacial score (nSPS) is 23.6. The van der Waals surface area contributed by atoms with Gasteiger partial charge in [0.2, 0.25) is 0 Å². The van der Waals surface area contributed by atoms with E-state index in [0.717, 1.165) is 56.6 Å². The van der Waals surface area contributed by atoms with E-state index in [1.54, 1.807) is 6.07 Å². The lowest BCUT2D eigenvalue weighted by atomic mass is 9.79. The largest absolute Gasteiger partial charge is 0.496 e. The van der Waals surface area contributed by atoms with Crippen LogP contribution >= 0.6 is 11.6 Å². The van der Waals surface area contributed by atoms with Crippen molar-refractivity contribution in [3.63, 3.8) is 0 Å². The fourth-order valence-corrected chi connectivity index (χ4v) is 6.51. The van der Waals surface area contributed by atoms with Gasteiger partial charge in [0.05, 0.1) is 33.5 Å². The Morgan fingerprint density at radius 2 is 1.77 bits per heavy atom. The number of nitrogens with zero attached hydrogens (tertiary/aromatic N) is 3. The van der Waals surface area contributed by atoms with Crippen molar-refractivity contribution < 1.29 is 23.6 Å². The molecule has 11 heteroatoms. The number of halogens is 1. The van der Waals surface area contributed by atoms with Gasteiger partial charge in [0.25, 0.3) is 5.91 Å². The molecule has 234 valence electrons. The Balaban J connectivity index is 1.20. The molecule has 1 saturated carbocycles. The van der Waals surface area contributed by atoms with Crippen LogP contribution in [0.2, 0.25) is 5.02 Å². The molecule has 3 heterocycles. The van der Waals surface area contributed by atoms with E-state index in [4.69, 9.17) is 30.6 Å². The topological polar surface area (TPSA) is 94.9 Å². The first-order valence-corrected chi connectivity index (χ1v) is 15.9. The Bertz CT molecular complexity index is 1360. The maximum Gasteiger partial charge on any atom is 0.496 e. The highest BCUT2D eigenvalue weighted by molar-refractivity contribution is 6.66. The van der Waals surface area contributed by atoms with Crippen molar-refractivity contribution in [2.75, 3.05) is 18.4 Å². The lowest BCUT2D eigenvalue weighted by Crippen LogP contribution is -2.41. The van der Waals surface area contributed by atoms with Crippen LogP contribution in [-0.4, -0.2) is 63.3 Å². The van der Waals surface area contributed by atoms with Crippen LogP contribution in [0.3, 0.4) is 0 Å². The number of amides is 1. The number of esters is 1. The number of rotatable bonds is 6. The number of ether oxygens (including phenoxy) is 1. The predicted octanol–water partition coefficient (Wildman–Crippen LogP) is 5.13. The van der Waals surface area contributed by atoms with E-state index in [1.807, 2.05) is 72.2 Å². The number of carbonyl (C=O) groups is 2. The lowest BCUT2D eigenvalue weighted by molar-refractivity contribution is -0.161. The summed E-state index contributed by atoms with van der Waals surface area (Å²) in [5.74, 6) is 0.546. The van der Waals surface area contributed by atoms with Crippen molar-refractivity contribution in [2.24, 2.45) is 18.9 Å². The van der Waals surface area contributed by atoms with Crippen molar-refractivity contribution in [3.05, 3.63) is 40.4 Å². The third kappa shape index (κ3) is 6.82. The number of carbonyl (C=O) groups excluding carboxylic acids is 2. The molecule has 9 nitrogen and oxygen atoms in total. The smallest absolute Gasteiger partial charge is 0.460 e. The second kappa shape index (κ2) is 11.8. The van der Waals surface area contributed by atoms with Gasteiger partial charge in [-0.25, -0.2) is 4.98 Å². The summed E-state index contributed by atoms with van der Waals surface area (Å²) in [6.07, 6.45) is 4.64. The SMILES string of the molecule is Cn1c(C(=O)Nc2cccc(B3OC(C)(C)C(C)(C)O3)c2Cl)nc2c1CCN(CC1CCC(C(=O)OC(C)(C)C)CC1)C2. The highest BCUT2D eigenvalue weighted by Crippen LogP contribution is 2.38. The van der Waals surface area contributed by atoms with Crippen molar-refractivity contribution in [2.45, 2.75) is 104 Å². The van der Waals surface area contributed by atoms with Crippen molar-refractivity contribution >= 4 is 41.7 Å². The van der Waals surface area contributed by atoms with Gasteiger partial charge in [-0.2, -0.15) is 0 Å². The van der Waals surface area contributed by atoms with E-state index >= 15 is 0 Å². The van der Waals surface area contributed by atoms with Crippen molar-refractivity contribution in [3.8, 4) is 0 Å². The van der Waals surface area contributed by atoms with E-state index in [1.165, 1.54) is 0 Å². The molecule has 1 amide bonds. The molecule has 1 aromatic carbocycles. The number of imidazole rings is 1. The summed E-state index contributed by atoms with van der Waals surface area (Å²) in [6, 6.07) is 5.47. The highest BCUT2D eigenvalue weighted by Gasteiger charge is 2.52. The van der Waals surface area contributed by atoms with Crippen LogP contribution < -0.4 is 10.8 Å². The fraction of sp³-hybridized carbons (Fsp3) is 0.656. The molecule has 0 unspecified atom stereocenters. The van der Waals surface area contributed by atoms with E-state index in [0.29, 0.717) is 34.5 Å². The molecule has 2 fully saturated rings. The van der Waals surface area contributed by atoms with Gasteiger partial charge < -0.3 is 23.9 Å². The zero-order valence-corrected chi connectivity index (χ0v) is 27.6. The Kier molecular flexibility index (Phi) is 8.81. The van der Waals surface area contributed by atoms with E-state index in [-0.39, 0.29) is 17.8 Å². The van der Waals surface area contributed by atoms with Crippen LogP contribution in [0, 0.1) is 11.8 Å². The summed E-state index contributed by atoms with van der Waals surface area (Å²) in [5.41, 5.74) is 1.75. The summed E-state index contributed by atoms with van der Waals surface area (Å²) in [7, 11) is 1.27. The van der Waals surface area contributed by atoms with Crippen LogP contribution in [-0.2, 0) is 38.9 Å². The molecule has 2 aliphatic heterocycles. The summed E-state index contributed by atoms with van der Waals surface area (Å²) in [4.78, 5) is 33.2. The van der Waals surface area contributed by atoms with Gasteiger partial charge in [0, 0.05) is 44.3 Å². The Morgan fingerprint density at radius 1 is 1.12 bits per heavy atom. The van der Waals surface area contributed by atoms with Gasteiger partial charge in [-0.15, -0.1) is 0 Å². The molecule has 0 spiro atoms. The summed E-state index contributed by atoms with van der Waals surface area (Å²) < 4.78 is 19.9. The molecule has 1 saturated heterocycles. The second-order valence-corrected chi connectivity index (χ2v) is 14.8. The van der Waals surface area contributed by atoms with Crippen LogP contribution in [0.4, 0.5) is 5.69 Å². The molecular formula is C32H46BClN4O5. The van der Waals surface area contributed by atoms with E-state index < -0.39 is 23.9 Å². The molecule has 0 bridgehead atoms. The zero-order valence-electron chi connectivity index (χ0n) is 26.9. The number of benzene rings is 1. The Hall–Kier alpha value is -2.40.